The van der Waals surface area contributed by atoms with Crippen molar-refractivity contribution in [3.05, 3.63) is 95.6 Å². The minimum Gasteiger partial charge on any atom is -0.480 e. The molecule has 0 heterocycles. The van der Waals surface area contributed by atoms with E-state index < -0.39 is 35.5 Å². The molecule has 2 amide bonds. The number of amides is 2. The van der Waals surface area contributed by atoms with Crippen molar-refractivity contribution in [3.63, 3.8) is 0 Å². The minimum absolute atomic E-state index is 0.0163. The summed E-state index contributed by atoms with van der Waals surface area (Å²) in [5.74, 6) is -1.76. The van der Waals surface area contributed by atoms with E-state index in [1.165, 1.54) is 0 Å². The van der Waals surface area contributed by atoms with Crippen LogP contribution in [0.1, 0.15) is 49.8 Å². The van der Waals surface area contributed by atoms with Gasteiger partial charge >= 0.3 is 12.1 Å². The summed E-state index contributed by atoms with van der Waals surface area (Å²) in [5.41, 5.74) is 4.33. The molecule has 8 heteroatoms. The van der Waals surface area contributed by atoms with Gasteiger partial charge in [-0.3, -0.25) is 4.79 Å². The number of hydrogen-bond acceptors (Lipinski definition) is 5. The second-order valence-electron chi connectivity index (χ2n) is 10.4. The Morgan fingerprint density at radius 1 is 0.925 bits per heavy atom. The maximum atomic E-state index is 13.2. The van der Waals surface area contributed by atoms with Crippen LogP contribution < -0.4 is 10.6 Å². The van der Waals surface area contributed by atoms with E-state index in [9.17, 15) is 19.5 Å². The second kappa shape index (κ2) is 12.8. The van der Waals surface area contributed by atoms with Crippen molar-refractivity contribution < 1.29 is 29.0 Å². The van der Waals surface area contributed by atoms with Gasteiger partial charge in [0.25, 0.3) is 0 Å². The van der Waals surface area contributed by atoms with Crippen LogP contribution in [-0.4, -0.2) is 48.4 Å². The highest BCUT2D eigenvalue weighted by Crippen LogP contribution is 2.44. The van der Waals surface area contributed by atoms with Crippen molar-refractivity contribution in [2.45, 2.75) is 51.9 Å². The third-order valence-corrected chi connectivity index (χ3v) is 7.67. The van der Waals surface area contributed by atoms with Crippen molar-refractivity contribution in [3.8, 4) is 11.1 Å². The van der Waals surface area contributed by atoms with E-state index in [2.05, 4.69) is 22.8 Å². The maximum Gasteiger partial charge on any atom is 0.407 e. The van der Waals surface area contributed by atoms with Crippen molar-refractivity contribution in [1.29, 1.82) is 0 Å². The van der Waals surface area contributed by atoms with E-state index in [0.29, 0.717) is 6.42 Å². The van der Waals surface area contributed by atoms with Crippen molar-refractivity contribution in [1.82, 2.24) is 10.6 Å². The predicted molar refractivity (Wildman–Crippen MR) is 152 cm³/mol. The van der Waals surface area contributed by atoms with Gasteiger partial charge < -0.3 is 25.2 Å². The Hall–Kier alpha value is -4.17. The fraction of sp³-hybridized carbons (Fsp3) is 0.344. The molecule has 3 N–H and O–H groups in total. The first kappa shape index (κ1) is 28.8. The molecule has 0 spiro atoms. The quantitative estimate of drug-likeness (QED) is 0.292. The number of carbonyl (C=O) groups is 3. The van der Waals surface area contributed by atoms with Crippen LogP contribution in [0.25, 0.3) is 11.1 Å². The third kappa shape index (κ3) is 6.51. The Morgan fingerprint density at radius 2 is 1.50 bits per heavy atom. The number of hydrogen-bond donors (Lipinski definition) is 3. The number of aliphatic carboxylic acids is 1. The summed E-state index contributed by atoms with van der Waals surface area (Å²) in [6, 6.07) is 24.3. The summed E-state index contributed by atoms with van der Waals surface area (Å²) >= 11 is 0. The van der Waals surface area contributed by atoms with Gasteiger partial charge in [-0.2, -0.15) is 0 Å². The molecular formula is C32H36N2O6. The van der Waals surface area contributed by atoms with E-state index in [4.69, 9.17) is 9.47 Å². The highest BCUT2D eigenvalue weighted by atomic mass is 16.5. The van der Waals surface area contributed by atoms with Crippen LogP contribution in [0.15, 0.2) is 78.9 Å². The van der Waals surface area contributed by atoms with Gasteiger partial charge in [0.1, 0.15) is 6.61 Å². The van der Waals surface area contributed by atoms with E-state index in [0.717, 1.165) is 27.8 Å². The van der Waals surface area contributed by atoms with Crippen LogP contribution >= 0.6 is 0 Å². The number of alkyl carbamates (subject to hydrolysis) is 1. The number of benzene rings is 3. The molecule has 4 rings (SSSR count). The Morgan fingerprint density at radius 3 is 2.08 bits per heavy atom. The standard InChI is InChI=1S/C32H36N2O6/c1-4-32(3,30(37)34-28(29(35)36)21(2)39-18-22-12-6-5-7-13-22)20-33-31(38)40-19-27-25-16-10-8-14-23(25)24-15-9-11-17-26(24)27/h5-17,21,27-28H,4,18-20H2,1-3H3,(H,33,38)(H,34,37)(H,35,36)/t21-,28+,32?/m0/s1. The molecule has 1 aliphatic rings. The maximum absolute atomic E-state index is 13.2. The lowest BCUT2D eigenvalue weighted by molar-refractivity contribution is -0.148. The van der Waals surface area contributed by atoms with Gasteiger partial charge in [-0.25, -0.2) is 9.59 Å². The first-order chi connectivity index (χ1) is 19.2. The van der Waals surface area contributed by atoms with Gasteiger partial charge in [0.2, 0.25) is 5.91 Å². The number of rotatable bonds is 12. The molecule has 8 nitrogen and oxygen atoms in total. The first-order valence-electron chi connectivity index (χ1n) is 13.5. The minimum atomic E-state index is -1.25. The van der Waals surface area contributed by atoms with Crippen LogP contribution in [0.4, 0.5) is 4.79 Å². The van der Waals surface area contributed by atoms with E-state index in [1.807, 2.05) is 73.7 Å². The predicted octanol–water partition coefficient (Wildman–Crippen LogP) is 5.12. The van der Waals surface area contributed by atoms with Crippen molar-refractivity contribution in [2.75, 3.05) is 13.2 Å². The number of carboxylic acids is 1. The van der Waals surface area contributed by atoms with Crippen molar-refractivity contribution >= 4 is 18.0 Å². The molecule has 40 heavy (non-hydrogen) atoms. The summed E-state index contributed by atoms with van der Waals surface area (Å²) in [7, 11) is 0. The zero-order valence-corrected chi connectivity index (χ0v) is 23.1. The molecule has 0 radical (unpaired) electrons. The summed E-state index contributed by atoms with van der Waals surface area (Å²) < 4.78 is 11.3. The van der Waals surface area contributed by atoms with Crippen LogP contribution in [-0.2, 0) is 25.7 Å². The van der Waals surface area contributed by atoms with Gasteiger partial charge in [0, 0.05) is 12.5 Å². The number of ether oxygens (including phenoxy) is 2. The van der Waals surface area contributed by atoms with Crippen LogP contribution in [0, 0.1) is 5.41 Å². The molecular weight excluding hydrogens is 508 g/mol. The van der Waals surface area contributed by atoms with E-state index >= 15 is 0 Å². The van der Waals surface area contributed by atoms with Crippen molar-refractivity contribution in [2.24, 2.45) is 5.41 Å². The van der Waals surface area contributed by atoms with Gasteiger partial charge in [-0.05, 0) is 48.1 Å². The molecule has 1 unspecified atom stereocenters. The highest BCUT2D eigenvalue weighted by molar-refractivity contribution is 5.88. The lowest BCUT2D eigenvalue weighted by Gasteiger charge is -2.30. The van der Waals surface area contributed by atoms with Gasteiger partial charge in [0.05, 0.1) is 18.1 Å². The number of fused-ring (bicyclic) bond motifs is 3. The topological polar surface area (TPSA) is 114 Å². The lowest BCUT2D eigenvalue weighted by atomic mass is 9.86. The first-order valence-corrected chi connectivity index (χ1v) is 13.5. The number of carbonyl (C=O) groups excluding carboxylic acids is 2. The summed E-state index contributed by atoms with van der Waals surface area (Å²) in [6.45, 7) is 5.46. The largest absolute Gasteiger partial charge is 0.480 e. The summed E-state index contributed by atoms with van der Waals surface area (Å²) in [5, 5.41) is 15.1. The smallest absolute Gasteiger partial charge is 0.407 e. The average molecular weight is 545 g/mol. The fourth-order valence-electron chi connectivity index (χ4n) is 4.88. The Labute approximate surface area is 234 Å². The van der Waals surface area contributed by atoms with E-state index in [-0.39, 0.29) is 25.7 Å². The van der Waals surface area contributed by atoms with Crippen LogP contribution in [0.5, 0.6) is 0 Å². The zero-order valence-electron chi connectivity index (χ0n) is 23.1. The normalized spacial score (nSPS) is 15.2. The monoisotopic (exact) mass is 544 g/mol. The molecule has 0 fully saturated rings. The van der Waals surface area contributed by atoms with Crippen LogP contribution in [0.3, 0.4) is 0 Å². The van der Waals surface area contributed by atoms with E-state index in [1.54, 1.807) is 13.8 Å². The summed E-state index contributed by atoms with van der Waals surface area (Å²) in [4.78, 5) is 37.9. The summed E-state index contributed by atoms with van der Waals surface area (Å²) in [6.07, 6.45) is -1.05. The molecule has 0 aromatic heterocycles. The highest BCUT2D eigenvalue weighted by Gasteiger charge is 2.37. The number of carboxylic acid groups (broad SMARTS) is 1. The molecule has 0 saturated heterocycles. The number of nitrogens with one attached hydrogen (secondary N) is 2. The van der Waals surface area contributed by atoms with Gasteiger partial charge in [0.15, 0.2) is 6.04 Å². The molecule has 0 bridgehead atoms. The lowest BCUT2D eigenvalue weighted by Crippen LogP contribution is -2.55. The molecule has 3 atom stereocenters. The average Bonchev–Trinajstić information content (AvgIpc) is 3.30. The molecule has 3 aromatic rings. The fourth-order valence-corrected chi connectivity index (χ4v) is 4.88. The second-order valence-corrected chi connectivity index (χ2v) is 10.4. The zero-order chi connectivity index (χ0) is 28.7. The Balaban J connectivity index is 1.32. The Bertz CT molecular complexity index is 1300. The molecule has 3 aromatic carbocycles. The molecule has 1 aliphatic carbocycles. The van der Waals surface area contributed by atoms with Gasteiger partial charge in [-0.15, -0.1) is 0 Å². The van der Waals surface area contributed by atoms with Gasteiger partial charge in [-0.1, -0.05) is 85.8 Å². The van der Waals surface area contributed by atoms with Crippen LogP contribution in [0.2, 0.25) is 0 Å². The molecule has 210 valence electrons. The Kier molecular flexibility index (Phi) is 9.22. The SMILES string of the molecule is CCC(C)(CNC(=O)OCC1c2ccccc2-c2ccccc21)C(=O)N[C@@H](C(=O)O)[C@H](C)OCc1ccccc1. The third-order valence-electron chi connectivity index (χ3n) is 7.67. The molecule has 0 saturated carbocycles. The molecule has 0 aliphatic heterocycles.